The molecule has 0 bridgehead atoms. The maximum atomic E-state index is 12.0. The summed E-state index contributed by atoms with van der Waals surface area (Å²) in [5.74, 6) is 1.56. The van der Waals surface area contributed by atoms with Gasteiger partial charge in [-0.3, -0.25) is 4.79 Å². The van der Waals surface area contributed by atoms with Crippen LogP contribution in [0.25, 0.3) is 0 Å². The van der Waals surface area contributed by atoms with E-state index in [4.69, 9.17) is 0 Å². The Morgan fingerprint density at radius 1 is 1.67 bits per heavy atom. The van der Waals surface area contributed by atoms with E-state index in [0.717, 1.165) is 24.0 Å². The van der Waals surface area contributed by atoms with Crippen molar-refractivity contribution >= 4 is 33.0 Å². The first-order chi connectivity index (χ1) is 8.65. The highest BCUT2D eigenvalue weighted by Gasteiger charge is 2.22. The second-order valence-corrected chi connectivity index (χ2v) is 7.15. The Balaban J connectivity index is 1.79. The molecule has 100 valence electrons. The molecule has 2 atom stereocenters. The summed E-state index contributed by atoms with van der Waals surface area (Å²) >= 11 is 5.09. The third-order valence-corrected chi connectivity index (χ3v) is 5.38. The van der Waals surface area contributed by atoms with Crippen LogP contribution in [-0.4, -0.2) is 18.9 Å². The van der Waals surface area contributed by atoms with E-state index < -0.39 is 0 Å². The lowest BCUT2D eigenvalue weighted by molar-refractivity contribution is -0.119. The number of thiophene rings is 1. The second-order valence-electron chi connectivity index (χ2n) is 5.23. The molecule has 0 amide bonds. The monoisotopic (exact) mass is 329 g/mol. The molecule has 0 aliphatic carbocycles. The maximum absolute atomic E-state index is 12.0. The van der Waals surface area contributed by atoms with Crippen molar-refractivity contribution in [1.29, 1.82) is 0 Å². The molecule has 2 nitrogen and oxygen atoms in total. The average Bonchev–Trinajstić information content (AvgIpc) is 2.75. The smallest absolute Gasteiger partial charge is 0.138 e. The third-order valence-electron chi connectivity index (χ3n) is 3.68. The molecule has 4 heteroatoms. The fourth-order valence-corrected chi connectivity index (χ4v) is 4.08. The van der Waals surface area contributed by atoms with E-state index in [-0.39, 0.29) is 0 Å². The number of carbonyl (C=O) groups excluding carboxylic acids is 1. The van der Waals surface area contributed by atoms with Crippen molar-refractivity contribution in [3.05, 3.63) is 20.8 Å². The van der Waals surface area contributed by atoms with Gasteiger partial charge in [-0.15, -0.1) is 11.3 Å². The number of nitrogens with one attached hydrogen (secondary N) is 1. The molecule has 0 spiro atoms. The maximum Gasteiger partial charge on any atom is 0.138 e. The molecule has 0 radical (unpaired) electrons. The summed E-state index contributed by atoms with van der Waals surface area (Å²) in [6.07, 6.45) is 3.84. The van der Waals surface area contributed by atoms with E-state index in [1.54, 1.807) is 11.3 Å². The zero-order chi connectivity index (χ0) is 13.0. The molecule has 1 aromatic rings. The molecule has 2 unspecified atom stereocenters. The van der Waals surface area contributed by atoms with Gasteiger partial charge in [0.25, 0.3) is 0 Å². The highest BCUT2D eigenvalue weighted by Crippen LogP contribution is 2.25. The minimum absolute atomic E-state index is 0.377. The zero-order valence-electron chi connectivity index (χ0n) is 10.7. The van der Waals surface area contributed by atoms with Crippen molar-refractivity contribution in [1.82, 2.24) is 5.32 Å². The van der Waals surface area contributed by atoms with Crippen LogP contribution < -0.4 is 5.32 Å². The molecule has 1 aliphatic heterocycles. The summed E-state index contributed by atoms with van der Waals surface area (Å²) in [7, 11) is 0. The summed E-state index contributed by atoms with van der Waals surface area (Å²) in [6.45, 7) is 4.44. The van der Waals surface area contributed by atoms with Gasteiger partial charge in [0.1, 0.15) is 5.78 Å². The van der Waals surface area contributed by atoms with Crippen LogP contribution >= 0.6 is 27.3 Å². The largest absolute Gasteiger partial charge is 0.316 e. The van der Waals surface area contributed by atoms with E-state index in [2.05, 4.69) is 34.2 Å². The van der Waals surface area contributed by atoms with Crippen LogP contribution in [0.15, 0.2) is 15.9 Å². The van der Waals surface area contributed by atoms with E-state index in [1.165, 1.54) is 17.7 Å². The SMILES string of the molecule is CC(CC(=O)Cc1cc(Br)cs1)C1CCCNC1. The highest BCUT2D eigenvalue weighted by atomic mass is 79.9. The number of Topliss-reactive ketones (excluding diaryl/α,β-unsaturated/α-hetero) is 1. The zero-order valence-corrected chi connectivity index (χ0v) is 13.1. The van der Waals surface area contributed by atoms with Crippen LogP contribution in [-0.2, 0) is 11.2 Å². The minimum atomic E-state index is 0.377. The summed E-state index contributed by atoms with van der Waals surface area (Å²) < 4.78 is 1.08. The fourth-order valence-electron chi connectivity index (χ4n) is 2.60. The van der Waals surface area contributed by atoms with Crippen LogP contribution in [0.3, 0.4) is 0 Å². The van der Waals surface area contributed by atoms with E-state index in [9.17, 15) is 4.79 Å². The van der Waals surface area contributed by atoms with E-state index in [0.29, 0.717) is 24.0 Å². The normalized spacial score (nSPS) is 21.8. The average molecular weight is 330 g/mol. The van der Waals surface area contributed by atoms with Gasteiger partial charge in [-0.05, 0) is 59.8 Å². The topological polar surface area (TPSA) is 29.1 Å². The quantitative estimate of drug-likeness (QED) is 0.893. The summed E-state index contributed by atoms with van der Waals surface area (Å²) in [5.41, 5.74) is 0. The first-order valence-electron chi connectivity index (χ1n) is 6.60. The predicted molar refractivity (Wildman–Crippen MR) is 80.1 cm³/mol. The Bertz CT molecular complexity index is 398. The van der Waals surface area contributed by atoms with Crippen molar-refractivity contribution in [3.63, 3.8) is 0 Å². The summed E-state index contributed by atoms with van der Waals surface area (Å²) in [6, 6.07) is 2.05. The second kappa shape index (κ2) is 6.83. The van der Waals surface area contributed by atoms with Gasteiger partial charge in [0.05, 0.1) is 0 Å². The number of hydrogen-bond acceptors (Lipinski definition) is 3. The number of halogens is 1. The molecule has 1 N–H and O–H groups in total. The molecule has 2 heterocycles. The van der Waals surface area contributed by atoms with Crippen molar-refractivity contribution in [3.8, 4) is 0 Å². The van der Waals surface area contributed by atoms with Gasteiger partial charge in [0.2, 0.25) is 0 Å². The Morgan fingerprint density at radius 3 is 3.11 bits per heavy atom. The Morgan fingerprint density at radius 2 is 2.50 bits per heavy atom. The fraction of sp³-hybridized carbons (Fsp3) is 0.643. The van der Waals surface area contributed by atoms with Gasteiger partial charge in [-0.1, -0.05) is 6.92 Å². The first-order valence-corrected chi connectivity index (χ1v) is 8.27. The molecule has 1 aliphatic rings. The third kappa shape index (κ3) is 4.18. The lowest BCUT2D eigenvalue weighted by Gasteiger charge is -2.27. The van der Waals surface area contributed by atoms with Crippen LogP contribution in [0.1, 0.15) is 31.1 Å². The summed E-state index contributed by atoms with van der Waals surface area (Å²) in [4.78, 5) is 13.2. The number of carbonyl (C=O) groups is 1. The Kier molecular flexibility index (Phi) is 5.39. The lowest BCUT2D eigenvalue weighted by Crippen LogP contribution is -2.34. The number of rotatable bonds is 5. The van der Waals surface area contributed by atoms with Gasteiger partial charge in [0, 0.05) is 27.6 Å². The van der Waals surface area contributed by atoms with Crippen LogP contribution in [0.4, 0.5) is 0 Å². The van der Waals surface area contributed by atoms with Gasteiger partial charge < -0.3 is 5.32 Å². The molecular formula is C14H20BrNOS. The molecule has 1 saturated heterocycles. The van der Waals surface area contributed by atoms with Crippen LogP contribution in [0.5, 0.6) is 0 Å². The predicted octanol–water partition coefficient (Wildman–Crippen LogP) is 3.65. The Hall–Kier alpha value is -0.190. The molecule has 18 heavy (non-hydrogen) atoms. The molecular weight excluding hydrogens is 310 g/mol. The van der Waals surface area contributed by atoms with Crippen LogP contribution in [0.2, 0.25) is 0 Å². The van der Waals surface area contributed by atoms with E-state index in [1.807, 2.05) is 5.38 Å². The highest BCUT2D eigenvalue weighted by molar-refractivity contribution is 9.10. The summed E-state index contributed by atoms with van der Waals surface area (Å²) in [5, 5.41) is 5.47. The number of piperidine rings is 1. The van der Waals surface area contributed by atoms with Crippen molar-refractivity contribution < 1.29 is 4.79 Å². The van der Waals surface area contributed by atoms with Crippen molar-refractivity contribution in [2.75, 3.05) is 13.1 Å². The minimum Gasteiger partial charge on any atom is -0.316 e. The Labute approximate surface area is 121 Å². The van der Waals surface area contributed by atoms with Gasteiger partial charge in [-0.25, -0.2) is 0 Å². The van der Waals surface area contributed by atoms with E-state index >= 15 is 0 Å². The molecule has 0 aromatic carbocycles. The molecule has 2 rings (SSSR count). The van der Waals surface area contributed by atoms with Gasteiger partial charge >= 0.3 is 0 Å². The molecule has 1 fully saturated rings. The first kappa shape index (κ1) is 14.2. The van der Waals surface area contributed by atoms with Crippen molar-refractivity contribution in [2.24, 2.45) is 11.8 Å². The van der Waals surface area contributed by atoms with Crippen molar-refractivity contribution in [2.45, 2.75) is 32.6 Å². The van der Waals surface area contributed by atoms with Gasteiger partial charge in [0.15, 0.2) is 0 Å². The molecule has 0 saturated carbocycles. The standard InChI is InChI=1S/C14H20BrNOS/c1-10(11-3-2-4-16-8-11)5-13(17)7-14-6-12(15)9-18-14/h6,9-11,16H,2-5,7-8H2,1H3. The number of hydrogen-bond donors (Lipinski definition) is 1. The molecule has 1 aromatic heterocycles. The van der Waals surface area contributed by atoms with Gasteiger partial charge in [-0.2, -0.15) is 0 Å². The lowest BCUT2D eigenvalue weighted by atomic mass is 9.84. The van der Waals surface area contributed by atoms with Crippen LogP contribution in [0, 0.1) is 11.8 Å². The number of ketones is 1.